The fourth-order valence-corrected chi connectivity index (χ4v) is 2.15. The predicted molar refractivity (Wildman–Crippen MR) is 71.9 cm³/mol. The molecule has 1 aliphatic rings. The molecule has 0 spiro atoms. The standard InChI is InChI=1S/C14H26N2O/c1-5-13(17)16-11-9-15(10-12-16)8-6-7-14(2,3)4/h5H,1,6-12H2,2-4H3. The third kappa shape index (κ3) is 5.35. The van der Waals surface area contributed by atoms with Crippen molar-refractivity contribution in [3.8, 4) is 0 Å². The van der Waals surface area contributed by atoms with Crippen LogP contribution in [-0.2, 0) is 4.79 Å². The Morgan fingerprint density at radius 1 is 1.24 bits per heavy atom. The lowest BCUT2D eigenvalue weighted by molar-refractivity contribution is -0.127. The predicted octanol–water partition coefficient (Wildman–Crippen LogP) is 2.14. The number of hydrogen-bond acceptors (Lipinski definition) is 2. The second-order valence-electron chi connectivity index (χ2n) is 6.04. The van der Waals surface area contributed by atoms with Gasteiger partial charge in [0, 0.05) is 26.2 Å². The number of hydrogen-bond donors (Lipinski definition) is 0. The minimum Gasteiger partial charge on any atom is -0.337 e. The average Bonchev–Trinajstić information content (AvgIpc) is 2.27. The highest BCUT2D eigenvalue weighted by Gasteiger charge is 2.19. The van der Waals surface area contributed by atoms with E-state index >= 15 is 0 Å². The zero-order valence-electron chi connectivity index (χ0n) is 11.5. The summed E-state index contributed by atoms with van der Waals surface area (Å²) in [7, 11) is 0. The first-order valence-corrected chi connectivity index (χ1v) is 6.56. The highest BCUT2D eigenvalue weighted by atomic mass is 16.2. The zero-order valence-corrected chi connectivity index (χ0v) is 11.5. The largest absolute Gasteiger partial charge is 0.337 e. The van der Waals surface area contributed by atoms with Crippen LogP contribution in [0.1, 0.15) is 33.6 Å². The van der Waals surface area contributed by atoms with Crippen molar-refractivity contribution in [1.29, 1.82) is 0 Å². The van der Waals surface area contributed by atoms with Gasteiger partial charge in [-0.2, -0.15) is 0 Å². The highest BCUT2D eigenvalue weighted by Crippen LogP contribution is 2.20. The van der Waals surface area contributed by atoms with E-state index < -0.39 is 0 Å². The van der Waals surface area contributed by atoms with Crippen molar-refractivity contribution in [3.05, 3.63) is 12.7 Å². The van der Waals surface area contributed by atoms with Gasteiger partial charge in [0.15, 0.2) is 0 Å². The highest BCUT2D eigenvalue weighted by molar-refractivity contribution is 5.87. The van der Waals surface area contributed by atoms with Crippen molar-refractivity contribution >= 4 is 5.91 Å². The molecule has 0 bridgehead atoms. The molecule has 0 unspecified atom stereocenters. The van der Waals surface area contributed by atoms with Crippen LogP contribution in [0.25, 0.3) is 0 Å². The van der Waals surface area contributed by atoms with E-state index in [4.69, 9.17) is 0 Å². The molecule has 0 aromatic heterocycles. The Balaban J connectivity index is 2.19. The molecule has 1 rings (SSSR count). The van der Waals surface area contributed by atoms with Gasteiger partial charge in [0.05, 0.1) is 0 Å². The smallest absolute Gasteiger partial charge is 0.246 e. The number of rotatable bonds is 4. The maximum absolute atomic E-state index is 11.4. The van der Waals surface area contributed by atoms with Crippen LogP contribution in [0.5, 0.6) is 0 Å². The van der Waals surface area contributed by atoms with Gasteiger partial charge < -0.3 is 4.90 Å². The van der Waals surface area contributed by atoms with Gasteiger partial charge >= 0.3 is 0 Å². The maximum Gasteiger partial charge on any atom is 0.246 e. The second kappa shape index (κ2) is 6.20. The molecule has 0 atom stereocenters. The Hall–Kier alpha value is -0.830. The van der Waals surface area contributed by atoms with Gasteiger partial charge in [0.1, 0.15) is 0 Å². The number of nitrogens with zero attached hydrogens (tertiary/aromatic N) is 2. The Morgan fingerprint density at radius 2 is 1.82 bits per heavy atom. The fourth-order valence-electron chi connectivity index (χ4n) is 2.15. The topological polar surface area (TPSA) is 23.6 Å². The minimum atomic E-state index is 0.0688. The first-order valence-electron chi connectivity index (χ1n) is 6.56. The van der Waals surface area contributed by atoms with Crippen LogP contribution in [0, 0.1) is 5.41 Å². The average molecular weight is 238 g/mol. The summed E-state index contributed by atoms with van der Waals surface area (Å²) in [5.74, 6) is 0.0688. The van der Waals surface area contributed by atoms with Gasteiger partial charge in [-0.1, -0.05) is 27.4 Å². The molecule has 1 saturated heterocycles. The lowest BCUT2D eigenvalue weighted by Gasteiger charge is -2.34. The molecule has 17 heavy (non-hydrogen) atoms. The van der Waals surface area contributed by atoms with Crippen LogP contribution in [-0.4, -0.2) is 48.4 Å². The van der Waals surface area contributed by atoms with Gasteiger partial charge in [-0.25, -0.2) is 0 Å². The molecule has 1 fully saturated rings. The number of carbonyl (C=O) groups is 1. The molecule has 3 heteroatoms. The number of amides is 1. The summed E-state index contributed by atoms with van der Waals surface area (Å²) in [6.45, 7) is 15.2. The Morgan fingerprint density at radius 3 is 2.29 bits per heavy atom. The summed E-state index contributed by atoms with van der Waals surface area (Å²) < 4.78 is 0. The van der Waals surface area contributed by atoms with Crippen LogP contribution < -0.4 is 0 Å². The number of carbonyl (C=O) groups excluding carboxylic acids is 1. The van der Waals surface area contributed by atoms with Gasteiger partial charge in [0.25, 0.3) is 0 Å². The van der Waals surface area contributed by atoms with E-state index in [-0.39, 0.29) is 5.91 Å². The molecule has 98 valence electrons. The first kappa shape index (κ1) is 14.2. The summed E-state index contributed by atoms with van der Waals surface area (Å²) in [5.41, 5.74) is 0.431. The van der Waals surface area contributed by atoms with Crippen molar-refractivity contribution in [2.75, 3.05) is 32.7 Å². The third-order valence-electron chi connectivity index (χ3n) is 3.26. The summed E-state index contributed by atoms with van der Waals surface area (Å²) in [5, 5.41) is 0. The summed E-state index contributed by atoms with van der Waals surface area (Å²) >= 11 is 0. The van der Waals surface area contributed by atoms with Crippen molar-refractivity contribution in [1.82, 2.24) is 9.80 Å². The van der Waals surface area contributed by atoms with Crippen LogP contribution in [0.4, 0.5) is 0 Å². The van der Waals surface area contributed by atoms with E-state index in [0.29, 0.717) is 5.41 Å². The van der Waals surface area contributed by atoms with E-state index in [1.165, 1.54) is 18.9 Å². The fraction of sp³-hybridized carbons (Fsp3) is 0.786. The summed E-state index contributed by atoms with van der Waals surface area (Å²) in [4.78, 5) is 15.7. The van der Waals surface area contributed by atoms with Crippen molar-refractivity contribution in [3.63, 3.8) is 0 Å². The maximum atomic E-state index is 11.4. The van der Waals surface area contributed by atoms with E-state index in [1.54, 1.807) is 0 Å². The van der Waals surface area contributed by atoms with Gasteiger partial charge in [-0.3, -0.25) is 9.69 Å². The first-order chi connectivity index (χ1) is 7.92. The molecular weight excluding hydrogens is 212 g/mol. The van der Waals surface area contributed by atoms with Crippen LogP contribution >= 0.6 is 0 Å². The molecule has 0 radical (unpaired) electrons. The molecule has 0 saturated carbocycles. The minimum absolute atomic E-state index is 0.0688. The lowest BCUT2D eigenvalue weighted by Crippen LogP contribution is -2.48. The molecule has 0 aromatic rings. The van der Waals surface area contributed by atoms with E-state index in [2.05, 4.69) is 32.3 Å². The number of piperazine rings is 1. The SMILES string of the molecule is C=CC(=O)N1CCN(CCCC(C)(C)C)CC1. The zero-order chi connectivity index (χ0) is 12.9. The summed E-state index contributed by atoms with van der Waals surface area (Å²) in [6.07, 6.45) is 3.92. The Labute approximate surface area is 105 Å². The third-order valence-corrected chi connectivity index (χ3v) is 3.26. The lowest BCUT2D eigenvalue weighted by atomic mass is 9.90. The molecule has 3 nitrogen and oxygen atoms in total. The normalized spacial score (nSPS) is 18.2. The van der Waals surface area contributed by atoms with E-state index in [1.807, 2.05) is 4.90 Å². The second-order valence-corrected chi connectivity index (χ2v) is 6.04. The molecule has 1 amide bonds. The van der Waals surface area contributed by atoms with Crippen molar-refractivity contribution in [2.24, 2.45) is 5.41 Å². The molecule has 0 aliphatic carbocycles. The molecule has 0 N–H and O–H groups in total. The van der Waals surface area contributed by atoms with E-state index in [0.717, 1.165) is 32.7 Å². The molecule has 1 heterocycles. The Bertz CT molecular complexity index is 260. The van der Waals surface area contributed by atoms with Gasteiger partial charge in [-0.05, 0) is 30.9 Å². The summed E-state index contributed by atoms with van der Waals surface area (Å²) in [6, 6.07) is 0. The van der Waals surface area contributed by atoms with Crippen molar-refractivity contribution in [2.45, 2.75) is 33.6 Å². The van der Waals surface area contributed by atoms with Crippen LogP contribution in [0.2, 0.25) is 0 Å². The monoisotopic (exact) mass is 238 g/mol. The van der Waals surface area contributed by atoms with Crippen LogP contribution in [0.15, 0.2) is 12.7 Å². The molecule has 1 aliphatic heterocycles. The van der Waals surface area contributed by atoms with Crippen molar-refractivity contribution < 1.29 is 4.79 Å². The molecular formula is C14H26N2O. The van der Waals surface area contributed by atoms with Gasteiger partial charge in [-0.15, -0.1) is 0 Å². The van der Waals surface area contributed by atoms with Crippen LogP contribution in [0.3, 0.4) is 0 Å². The Kier molecular flexibility index (Phi) is 5.19. The molecule has 0 aromatic carbocycles. The quantitative estimate of drug-likeness (QED) is 0.701. The van der Waals surface area contributed by atoms with E-state index in [9.17, 15) is 4.79 Å². The van der Waals surface area contributed by atoms with Gasteiger partial charge in [0.2, 0.25) is 5.91 Å².